The van der Waals surface area contributed by atoms with Gasteiger partial charge in [-0.2, -0.15) is 0 Å². The van der Waals surface area contributed by atoms with Gasteiger partial charge >= 0.3 is 5.97 Å². The van der Waals surface area contributed by atoms with Crippen molar-refractivity contribution in [2.24, 2.45) is 28.6 Å². The molecule has 2 aliphatic rings. The minimum Gasteiger partial charge on any atom is -0.457 e. The average Bonchev–Trinajstić information content (AvgIpc) is 3.35. The van der Waals surface area contributed by atoms with E-state index < -0.39 is 5.60 Å². The number of carbonyl (C=O) groups excluding carboxylic acids is 1. The van der Waals surface area contributed by atoms with Crippen LogP contribution >= 0.6 is 0 Å². The first-order valence-corrected chi connectivity index (χ1v) is 12.0. The molecule has 0 saturated heterocycles. The second-order valence-electron chi connectivity index (χ2n) is 12.6. The van der Waals surface area contributed by atoms with E-state index in [1.165, 1.54) is 6.42 Å². The van der Waals surface area contributed by atoms with Crippen molar-refractivity contribution in [3.63, 3.8) is 0 Å². The molecule has 3 atom stereocenters. The van der Waals surface area contributed by atoms with E-state index in [-0.39, 0.29) is 17.3 Å². The Bertz CT molecular complexity index is 856. The fraction of sp³-hybridized carbons (Fsp3) is 0.741. The molecule has 2 bridgehead atoms. The summed E-state index contributed by atoms with van der Waals surface area (Å²) in [6.07, 6.45) is 8.47. The molecule has 3 unspecified atom stereocenters. The van der Waals surface area contributed by atoms with E-state index in [2.05, 4.69) is 47.6 Å². The Morgan fingerprint density at radius 1 is 1.03 bits per heavy atom. The molecule has 3 heteroatoms. The van der Waals surface area contributed by atoms with Crippen LogP contribution in [0.15, 0.2) is 22.6 Å². The third-order valence-corrected chi connectivity index (χ3v) is 7.25. The highest BCUT2D eigenvalue weighted by molar-refractivity contribution is 5.75. The van der Waals surface area contributed by atoms with Crippen LogP contribution in [0.3, 0.4) is 0 Å². The van der Waals surface area contributed by atoms with Gasteiger partial charge in [-0.05, 0) is 92.2 Å². The zero-order chi connectivity index (χ0) is 21.7. The maximum absolute atomic E-state index is 13.7. The van der Waals surface area contributed by atoms with Gasteiger partial charge in [-0.3, -0.25) is 4.79 Å². The molecule has 3 nitrogen and oxygen atoms in total. The van der Waals surface area contributed by atoms with Gasteiger partial charge in [-0.1, -0.05) is 41.5 Å². The normalized spacial score (nSPS) is 27.2. The molecule has 4 rings (SSSR count). The molecular formula is C27H40O3. The van der Waals surface area contributed by atoms with Gasteiger partial charge in [-0.15, -0.1) is 0 Å². The standard InChI is InChI=1S/C27H40O3/c1-25(2,3)16-18-13-19(17-26(4,5)6)21(14-18)24(28)30-27(11-7-8-12-27)22-15-20-9-10-23(22)29-20/h9-10,15,18-19,21H,7-8,11-14,16-17H2,1-6H3. The van der Waals surface area contributed by atoms with Gasteiger partial charge in [0.25, 0.3) is 0 Å². The van der Waals surface area contributed by atoms with E-state index in [1.54, 1.807) is 0 Å². The van der Waals surface area contributed by atoms with E-state index in [4.69, 9.17) is 9.15 Å². The number of furan rings is 2. The predicted octanol–water partition coefficient (Wildman–Crippen LogP) is 7.70. The van der Waals surface area contributed by atoms with Crippen LogP contribution < -0.4 is 0 Å². The summed E-state index contributed by atoms with van der Waals surface area (Å²) in [6.45, 7) is 13.8. The van der Waals surface area contributed by atoms with Crippen LogP contribution in [-0.2, 0) is 15.1 Å². The lowest BCUT2D eigenvalue weighted by atomic mass is 9.79. The van der Waals surface area contributed by atoms with Crippen molar-refractivity contribution in [1.82, 2.24) is 0 Å². The third-order valence-electron chi connectivity index (χ3n) is 7.25. The van der Waals surface area contributed by atoms with E-state index in [1.807, 2.05) is 12.1 Å². The van der Waals surface area contributed by atoms with Gasteiger partial charge in [0.1, 0.15) is 16.8 Å². The minimum atomic E-state index is -0.479. The summed E-state index contributed by atoms with van der Waals surface area (Å²) >= 11 is 0. The lowest BCUT2D eigenvalue weighted by Gasteiger charge is -2.32. The van der Waals surface area contributed by atoms with Crippen molar-refractivity contribution in [2.45, 2.75) is 98.5 Å². The second kappa shape index (κ2) is 7.57. The number of carbonyl (C=O) groups is 1. The van der Waals surface area contributed by atoms with Crippen LogP contribution in [0.5, 0.6) is 0 Å². The highest BCUT2D eigenvalue weighted by Crippen LogP contribution is 2.50. The van der Waals surface area contributed by atoms with Gasteiger partial charge in [-0.25, -0.2) is 0 Å². The Hall–Kier alpha value is -1.51. The molecule has 0 amide bonds. The Morgan fingerprint density at radius 2 is 1.70 bits per heavy atom. The lowest BCUT2D eigenvalue weighted by Crippen LogP contribution is -2.34. The summed E-state index contributed by atoms with van der Waals surface area (Å²) in [7, 11) is 0. The molecule has 2 aromatic heterocycles. The highest BCUT2D eigenvalue weighted by atomic mass is 16.6. The van der Waals surface area contributed by atoms with E-state index >= 15 is 0 Å². The summed E-state index contributed by atoms with van der Waals surface area (Å²) in [5.41, 5.74) is 2.93. The molecule has 30 heavy (non-hydrogen) atoms. The summed E-state index contributed by atoms with van der Waals surface area (Å²) in [4.78, 5) is 13.7. The van der Waals surface area contributed by atoms with Crippen LogP contribution in [0.2, 0.25) is 0 Å². The van der Waals surface area contributed by atoms with Gasteiger partial charge < -0.3 is 9.15 Å². The number of hydrogen-bond donors (Lipinski definition) is 0. The van der Waals surface area contributed by atoms with Gasteiger partial charge in [0.15, 0.2) is 0 Å². The SMILES string of the molecule is CC(C)(C)CC1CC(CC(C)(C)C)C(C(=O)OC2(c3cc4ccc3o4)CCCC2)C1. The molecule has 166 valence electrons. The number of benzene rings is 1. The van der Waals surface area contributed by atoms with Crippen LogP contribution in [0.1, 0.15) is 98.5 Å². The quantitative estimate of drug-likeness (QED) is 0.472. The molecule has 0 spiro atoms. The Balaban J connectivity index is 1.55. The van der Waals surface area contributed by atoms with Crippen LogP contribution in [0.4, 0.5) is 0 Å². The van der Waals surface area contributed by atoms with Crippen LogP contribution in [-0.4, -0.2) is 5.97 Å². The fourth-order valence-corrected chi connectivity index (χ4v) is 6.36. The first-order chi connectivity index (χ1) is 13.9. The van der Waals surface area contributed by atoms with E-state index in [9.17, 15) is 4.79 Å². The monoisotopic (exact) mass is 412 g/mol. The van der Waals surface area contributed by atoms with Crippen molar-refractivity contribution in [1.29, 1.82) is 0 Å². The smallest absolute Gasteiger partial charge is 0.310 e. The zero-order valence-electron chi connectivity index (χ0n) is 19.8. The van der Waals surface area contributed by atoms with Crippen molar-refractivity contribution >= 4 is 17.1 Å². The van der Waals surface area contributed by atoms with Gasteiger partial charge in [0.2, 0.25) is 0 Å². The molecule has 2 aliphatic carbocycles. The van der Waals surface area contributed by atoms with Crippen molar-refractivity contribution in [3.8, 4) is 0 Å². The van der Waals surface area contributed by atoms with E-state index in [0.29, 0.717) is 17.3 Å². The largest absolute Gasteiger partial charge is 0.457 e. The summed E-state index contributed by atoms with van der Waals surface area (Å²) in [5, 5.41) is 0. The number of fused-ring (bicyclic) bond motifs is 2. The molecule has 0 radical (unpaired) electrons. The lowest BCUT2D eigenvalue weighted by molar-refractivity contribution is -0.167. The Labute approximate surface area is 182 Å². The number of esters is 1. The Kier molecular flexibility index (Phi) is 5.48. The average molecular weight is 413 g/mol. The van der Waals surface area contributed by atoms with Gasteiger partial charge in [0.05, 0.1) is 5.92 Å². The van der Waals surface area contributed by atoms with Crippen molar-refractivity contribution in [3.05, 3.63) is 23.8 Å². The number of hydrogen-bond acceptors (Lipinski definition) is 3. The molecule has 2 aromatic rings. The van der Waals surface area contributed by atoms with Gasteiger partial charge in [0, 0.05) is 5.56 Å². The zero-order valence-corrected chi connectivity index (χ0v) is 19.8. The first kappa shape index (κ1) is 21.7. The molecule has 2 heterocycles. The van der Waals surface area contributed by atoms with Crippen molar-refractivity contribution < 1.29 is 13.9 Å². The molecule has 0 aliphatic heterocycles. The molecular weight excluding hydrogens is 372 g/mol. The van der Waals surface area contributed by atoms with Crippen LogP contribution in [0.25, 0.3) is 11.2 Å². The highest BCUT2D eigenvalue weighted by Gasteiger charge is 2.47. The fourth-order valence-electron chi connectivity index (χ4n) is 6.36. The molecule has 0 aromatic carbocycles. The second-order valence-corrected chi connectivity index (χ2v) is 12.6. The number of rotatable bonds is 5. The minimum absolute atomic E-state index is 0.0300. The van der Waals surface area contributed by atoms with E-state index in [0.717, 1.165) is 61.7 Å². The van der Waals surface area contributed by atoms with Crippen molar-refractivity contribution in [2.75, 3.05) is 0 Å². The Morgan fingerprint density at radius 3 is 2.23 bits per heavy atom. The predicted molar refractivity (Wildman–Crippen MR) is 121 cm³/mol. The summed E-state index contributed by atoms with van der Waals surface area (Å²) < 4.78 is 12.3. The maximum atomic E-state index is 13.7. The third kappa shape index (κ3) is 4.55. The molecule has 2 saturated carbocycles. The molecule has 2 fully saturated rings. The topological polar surface area (TPSA) is 39.4 Å². The first-order valence-electron chi connectivity index (χ1n) is 12.0. The molecule has 0 N–H and O–H groups in total. The summed E-state index contributed by atoms with van der Waals surface area (Å²) in [6, 6.07) is 6.12. The number of ether oxygens (including phenoxy) is 1. The maximum Gasteiger partial charge on any atom is 0.310 e. The summed E-state index contributed by atoms with van der Waals surface area (Å²) in [5.74, 6) is 1.12. The van der Waals surface area contributed by atoms with Crippen LogP contribution in [0, 0.1) is 28.6 Å².